The summed E-state index contributed by atoms with van der Waals surface area (Å²) < 4.78 is 0.841. The second kappa shape index (κ2) is 7.58. The van der Waals surface area contributed by atoms with Gasteiger partial charge in [0, 0.05) is 16.6 Å². The highest BCUT2D eigenvalue weighted by Crippen LogP contribution is 2.50. The number of nitrogens with zero attached hydrogens (tertiary/aromatic N) is 3. The normalized spacial score (nSPS) is 20.3. The maximum absolute atomic E-state index is 13.4. The third-order valence-electron chi connectivity index (χ3n) is 5.62. The van der Waals surface area contributed by atoms with Gasteiger partial charge in [-0.2, -0.15) is 0 Å². The second-order valence-electron chi connectivity index (χ2n) is 8.31. The molecule has 2 aromatic carbocycles. The molecule has 0 saturated carbocycles. The highest BCUT2D eigenvalue weighted by molar-refractivity contribution is 8.01. The number of aryl methyl sites for hydroxylation is 1. The number of amides is 1. The van der Waals surface area contributed by atoms with Crippen molar-refractivity contribution in [1.82, 2.24) is 10.2 Å². The zero-order valence-corrected chi connectivity index (χ0v) is 18.8. The quantitative estimate of drug-likeness (QED) is 0.523. The van der Waals surface area contributed by atoms with E-state index in [1.807, 2.05) is 17.9 Å². The molecule has 0 spiro atoms. The fourth-order valence-electron chi connectivity index (χ4n) is 4.56. The van der Waals surface area contributed by atoms with E-state index in [0.717, 1.165) is 21.5 Å². The lowest BCUT2D eigenvalue weighted by molar-refractivity contribution is -0.117. The first-order chi connectivity index (χ1) is 13.8. The molecule has 0 unspecified atom stereocenters. The molecule has 0 saturated heterocycles. The standard InChI is InChI=1S/C23H25N3OS2/c1-16-24-25-21(29-16)28-14-20(27)26-19-13-9-8-12-18(19)23(4,15-22(26,2)3)17-10-6-5-7-11-17/h5-13H,14-15H2,1-4H3/t23-/m0/s1. The number of benzene rings is 2. The summed E-state index contributed by atoms with van der Waals surface area (Å²) in [6.45, 7) is 8.56. The predicted molar refractivity (Wildman–Crippen MR) is 121 cm³/mol. The van der Waals surface area contributed by atoms with Gasteiger partial charge in [-0.25, -0.2) is 0 Å². The van der Waals surface area contributed by atoms with E-state index in [-0.39, 0.29) is 16.9 Å². The van der Waals surface area contributed by atoms with Gasteiger partial charge in [-0.05, 0) is 44.4 Å². The average molecular weight is 424 g/mol. The van der Waals surface area contributed by atoms with Gasteiger partial charge >= 0.3 is 0 Å². The highest BCUT2D eigenvalue weighted by atomic mass is 32.2. The van der Waals surface area contributed by atoms with Gasteiger partial charge in [-0.1, -0.05) is 78.6 Å². The summed E-state index contributed by atoms with van der Waals surface area (Å²) in [6.07, 6.45) is 0.856. The lowest BCUT2D eigenvalue weighted by Gasteiger charge is -2.51. The van der Waals surface area contributed by atoms with Crippen LogP contribution in [0.4, 0.5) is 5.69 Å². The molecule has 2 heterocycles. The first-order valence-electron chi connectivity index (χ1n) is 9.72. The Morgan fingerprint density at radius 3 is 2.45 bits per heavy atom. The Labute approximate surface area is 180 Å². The van der Waals surface area contributed by atoms with Crippen molar-refractivity contribution in [3.63, 3.8) is 0 Å². The van der Waals surface area contributed by atoms with Crippen LogP contribution in [0.25, 0.3) is 0 Å². The summed E-state index contributed by atoms with van der Waals surface area (Å²) in [7, 11) is 0. The zero-order valence-electron chi connectivity index (χ0n) is 17.2. The molecule has 0 N–H and O–H groups in total. The lowest BCUT2D eigenvalue weighted by atomic mass is 9.65. The minimum absolute atomic E-state index is 0.107. The molecule has 150 valence electrons. The molecule has 1 aromatic heterocycles. The molecule has 29 heavy (non-hydrogen) atoms. The van der Waals surface area contributed by atoms with Gasteiger partial charge in [0.15, 0.2) is 4.34 Å². The van der Waals surface area contributed by atoms with E-state index >= 15 is 0 Å². The largest absolute Gasteiger partial charge is 0.306 e. The fraction of sp³-hybridized carbons (Fsp3) is 0.348. The van der Waals surface area contributed by atoms with E-state index in [9.17, 15) is 4.79 Å². The third-order valence-corrected chi connectivity index (χ3v) is 7.57. The Bertz CT molecular complexity index is 1030. The van der Waals surface area contributed by atoms with Gasteiger partial charge in [-0.3, -0.25) is 4.79 Å². The van der Waals surface area contributed by atoms with E-state index < -0.39 is 0 Å². The monoisotopic (exact) mass is 423 g/mol. The number of carbonyl (C=O) groups excluding carboxylic acids is 1. The summed E-state index contributed by atoms with van der Waals surface area (Å²) in [5.74, 6) is 0.462. The van der Waals surface area contributed by atoms with Crippen LogP contribution < -0.4 is 4.90 Å². The first kappa shape index (κ1) is 20.1. The Morgan fingerprint density at radius 1 is 1.07 bits per heavy atom. The maximum atomic E-state index is 13.4. The molecule has 3 aromatic rings. The molecular formula is C23H25N3OS2. The number of hydrogen-bond donors (Lipinski definition) is 0. The van der Waals surface area contributed by atoms with Crippen molar-refractivity contribution in [3.8, 4) is 0 Å². The number of rotatable bonds is 4. The topological polar surface area (TPSA) is 46.1 Å². The molecule has 6 heteroatoms. The number of hydrogen-bond acceptors (Lipinski definition) is 5. The summed E-state index contributed by atoms with van der Waals surface area (Å²) in [5, 5.41) is 9.10. The number of thioether (sulfide) groups is 1. The van der Waals surface area contributed by atoms with Crippen LogP contribution in [0, 0.1) is 6.92 Å². The number of anilines is 1. The smallest absolute Gasteiger partial charge is 0.237 e. The van der Waals surface area contributed by atoms with Crippen LogP contribution in [0.5, 0.6) is 0 Å². The van der Waals surface area contributed by atoms with Gasteiger partial charge in [-0.15, -0.1) is 10.2 Å². The van der Waals surface area contributed by atoms with Crippen molar-refractivity contribution in [3.05, 3.63) is 70.7 Å². The van der Waals surface area contributed by atoms with Crippen molar-refractivity contribution in [2.45, 2.75) is 49.4 Å². The van der Waals surface area contributed by atoms with Gasteiger partial charge < -0.3 is 4.90 Å². The van der Waals surface area contributed by atoms with Gasteiger partial charge in [0.2, 0.25) is 5.91 Å². The third kappa shape index (κ3) is 3.71. The van der Waals surface area contributed by atoms with Crippen molar-refractivity contribution in [2.24, 2.45) is 0 Å². The summed E-state index contributed by atoms with van der Waals surface area (Å²) >= 11 is 3.00. The van der Waals surface area contributed by atoms with Crippen molar-refractivity contribution in [2.75, 3.05) is 10.7 Å². The number of aromatic nitrogens is 2. The maximum Gasteiger partial charge on any atom is 0.237 e. The molecule has 0 aliphatic carbocycles. The average Bonchev–Trinajstić information content (AvgIpc) is 3.11. The molecule has 0 bridgehead atoms. The Hall–Kier alpha value is -2.18. The number of fused-ring (bicyclic) bond motifs is 1. The molecule has 4 nitrogen and oxygen atoms in total. The van der Waals surface area contributed by atoms with Gasteiger partial charge in [0.1, 0.15) is 5.01 Å². The van der Waals surface area contributed by atoms with Crippen molar-refractivity contribution < 1.29 is 4.79 Å². The summed E-state index contributed by atoms with van der Waals surface area (Å²) in [4.78, 5) is 15.4. The fourth-order valence-corrected chi connectivity index (χ4v) is 6.23. The minimum atomic E-state index is -0.312. The van der Waals surface area contributed by atoms with E-state index in [0.29, 0.717) is 5.75 Å². The van der Waals surface area contributed by atoms with Gasteiger partial charge in [0.25, 0.3) is 0 Å². The van der Waals surface area contributed by atoms with Crippen LogP contribution in [0.1, 0.15) is 43.3 Å². The second-order valence-corrected chi connectivity index (χ2v) is 10.7. The van der Waals surface area contributed by atoms with E-state index in [1.165, 1.54) is 34.2 Å². The molecule has 1 atom stereocenters. The summed E-state index contributed by atoms with van der Waals surface area (Å²) in [5.41, 5.74) is 3.03. The van der Waals surface area contributed by atoms with E-state index in [2.05, 4.69) is 79.5 Å². The molecule has 0 fully saturated rings. The zero-order chi connectivity index (χ0) is 20.6. The predicted octanol–water partition coefficient (Wildman–Crippen LogP) is 5.46. The SMILES string of the molecule is Cc1nnc(SCC(=O)N2c3ccccc3[C@](C)(c3ccccc3)CC2(C)C)s1. The van der Waals surface area contributed by atoms with Crippen LogP contribution >= 0.6 is 23.1 Å². The number of carbonyl (C=O) groups is 1. The number of para-hydroxylation sites is 1. The van der Waals surface area contributed by atoms with Crippen LogP contribution in [0.15, 0.2) is 58.9 Å². The van der Waals surface area contributed by atoms with E-state index in [4.69, 9.17) is 0 Å². The molecule has 4 rings (SSSR count). The molecule has 1 amide bonds. The molecular weight excluding hydrogens is 398 g/mol. The Balaban J connectivity index is 1.71. The van der Waals surface area contributed by atoms with Crippen molar-refractivity contribution in [1.29, 1.82) is 0 Å². The van der Waals surface area contributed by atoms with Crippen molar-refractivity contribution >= 4 is 34.7 Å². The lowest BCUT2D eigenvalue weighted by Crippen LogP contribution is -2.56. The molecule has 0 radical (unpaired) electrons. The summed E-state index contributed by atoms with van der Waals surface area (Å²) in [6, 6.07) is 19.0. The molecule has 1 aliphatic rings. The first-order valence-corrected chi connectivity index (χ1v) is 11.5. The Kier molecular flexibility index (Phi) is 5.25. The van der Waals surface area contributed by atoms with Crippen LogP contribution in [0.2, 0.25) is 0 Å². The highest BCUT2D eigenvalue weighted by Gasteiger charge is 2.47. The van der Waals surface area contributed by atoms with Crippen LogP contribution in [0.3, 0.4) is 0 Å². The minimum Gasteiger partial charge on any atom is -0.306 e. The van der Waals surface area contributed by atoms with E-state index in [1.54, 1.807) is 0 Å². The van der Waals surface area contributed by atoms with Crippen LogP contribution in [-0.2, 0) is 10.2 Å². The van der Waals surface area contributed by atoms with Crippen LogP contribution in [-0.4, -0.2) is 27.4 Å². The Morgan fingerprint density at radius 2 is 1.76 bits per heavy atom. The molecule has 1 aliphatic heterocycles. The van der Waals surface area contributed by atoms with Gasteiger partial charge in [0.05, 0.1) is 5.75 Å².